The molecule has 5 aliphatic rings. The molecule has 0 bridgehead atoms. The second-order valence-corrected chi connectivity index (χ2v) is 12.3. The highest BCUT2D eigenvalue weighted by Gasteiger charge is 2.56. The molecule has 3 fully saturated rings. The van der Waals surface area contributed by atoms with Crippen molar-refractivity contribution < 1.29 is 28.5 Å². The fourth-order valence-electron chi connectivity index (χ4n) is 7.21. The highest BCUT2D eigenvalue weighted by molar-refractivity contribution is 5.91. The Bertz CT molecular complexity index is 1470. The molecule has 4 heterocycles. The first-order chi connectivity index (χ1) is 21.7. The highest BCUT2D eigenvalue weighted by Crippen LogP contribution is 2.50. The Morgan fingerprint density at radius 1 is 0.568 bits per heavy atom. The van der Waals surface area contributed by atoms with Gasteiger partial charge in [0.15, 0.2) is 23.0 Å². The summed E-state index contributed by atoms with van der Waals surface area (Å²) in [5, 5.41) is 0. The summed E-state index contributed by atoms with van der Waals surface area (Å²) in [6.45, 7) is 3.57. The molecule has 2 aromatic carbocycles. The molecule has 8 nitrogen and oxygen atoms in total. The van der Waals surface area contributed by atoms with Crippen molar-refractivity contribution in [2.45, 2.75) is 38.5 Å². The van der Waals surface area contributed by atoms with E-state index in [0.29, 0.717) is 0 Å². The molecule has 44 heavy (non-hydrogen) atoms. The number of amides is 2. The van der Waals surface area contributed by atoms with Gasteiger partial charge in [0.05, 0.1) is 11.8 Å². The van der Waals surface area contributed by atoms with Gasteiger partial charge in [0.25, 0.3) is 0 Å². The molecule has 2 amide bonds. The number of benzene rings is 2. The SMILES string of the molecule is O=C(C1C(C=CC=Cc2ccc3c(c2)OCO3)C(C=Cc2ccc3c(c2)OCO3)C1C(=O)N1CCCCC1)N1CCCCC1. The smallest absolute Gasteiger partial charge is 0.231 e. The van der Waals surface area contributed by atoms with Crippen LogP contribution in [0.2, 0.25) is 0 Å². The maximum absolute atomic E-state index is 14.1. The third-order valence-corrected chi connectivity index (χ3v) is 9.60. The van der Waals surface area contributed by atoms with Crippen molar-refractivity contribution in [3.05, 3.63) is 71.8 Å². The van der Waals surface area contributed by atoms with Gasteiger partial charge >= 0.3 is 0 Å². The van der Waals surface area contributed by atoms with Crippen molar-refractivity contribution in [3.8, 4) is 23.0 Å². The fourth-order valence-corrected chi connectivity index (χ4v) is 7.21. The first-order valence-corrected chi connectivity index (χ1v) is 16.1. The molecule has 0 N–H and O–H groups in total. The summed E-state index contributed by atoms with van der Waals surface area (Å²) >= 11 is 0. The molecule has 230 valence electrons. The molecule has 0 radical (unpaired) electrons. The molecule has 4 aliphatic heterocycles. The zero-order valence-corrected chi connectivity index (χ0v) is 25.1. The van der Waals surface area contributed by atoms with Gasteiger partial charge in [0, 0.05) is 26.2 Å². The van der Waals surface area contributed by atoms with Crippen molar-refractivity contribution in [3.63, 3.8) is 0 Å². The predicted octanol–water partition coefficient (Wildman–Crippen LogP) is 5.93. The Morgan fingerprint density at radius 3 is 1.59 bits per heavy atom. The molecule has 2 aromatic rings. The summed E-state index contributed by atoms with van der Waals surface area (Å²) in [7, 11) is 0. The van der Waals surface area contributed by atoms with Gasteiger partial charge in [-0.15, -0.1) is 0 Å². The van der Waals surface area contributed by atoms with E-state index in [1.54, 1.807) is 0 Å². The van der Waals surface area contributed by atoms with Crippen LogP contribution < -0.4 is 18.9 Å². The predicted molar refractivity (Wildman–Crippen MR) is 167 cm³/mol. The van der Waals surface area contributed by atoms with Crippen LogP contribution in [0.4, 0.5) is 0 Å². The number of ether oxygens (including phenoxy) is 4. The van der Waals surface area contributed by atoms with E-state index in [2.05, 4.69) is 18.2 Å². The molecule has 0 spiro atoms. The van der Waals surface area contributed by atoms with Crippen LogP contribution >= 0.6 is 0 Å². The quantitative estimate of drug-likeness (QED) is 0.369. The van der Waals surface area contributed by atoms with Crippen molar-refractivity contribution in [2.24, 2.45) is 23.7 Å². The van der Waals surface area contributed by atoms with Gasteiger partial charge in [-0.05, 0) is 85.8 Å². The van der Waals surface area contributed by atoms with Crippen molar-refractivity contribution in [2.75, 3.05) is 39.8 Å². The van der Waals surface area contributed by atoms with E-state index < -0.39 is 0 Å². The van der Waals surface area contributed by atoms with E-state index in [9.17, 15) is 9.59 Å². The molecule has 1 aliphatic carbocycles. The van der Waals surface area contributed by atoms with Gasteiger partial charge < -0.3 is 28.7 Å². The summed E-state index contributed by atoms with van der Waals surface area (Å²) in [6, 6.07) is 11.8. The summed E-state index contributed by atoms with van der Waals surface area (Å²) in [5.74, 6) is 2.30. The zero-order chi connectivity index (χ0) is 29.9. The number of carbonyl (C=O) groups is 2. The lowest BCUT2D eigenvalue weighted by Crippen LogP contribution is -2.60. The van der Waals surface area contributed by atoms with E-state index in [-0.39, 0.29) is 49.1 Å². The lowest BCUT2D eigenvalue weighted by atomic mass is 9.55. The van der Waals surface area contributed by atoms with Crippen molar-refractivity contribution in [1.82, 2.24) is 9.80 Å². The molecule has 8 heteroatoms. The minimum atomic E-state index is -0.375. The lowest BCUT2D eigenvalue weighted by molar-refractivity contribution is -0.161. The number of allylic oxidation sites excluding steroid dienone is 4. The second kappa shape index (κ2) is 12.8. The van der Waals surface area contributed by atoms with Crippen molar-refractivity contribution in [1.29, 1.82) is 0 Å². The number of likely N-dealkylation sites (tertiary alicyclic amines) is 2. The first kappa shape index (κ1) is 28.6. The Morgan fingerprint density at radius 2 is 1.05 bits per heavy atom. The van der Waals surface area contributed by atoms with Gasteiger partial charge in [-0.3, -0.25) is 9.59 Å². The topological polar surface area (TPSA) is 77.5 Å². The molecule has 7 rings (SSSR count). The van der Waals surface area contributed by atoms with E-state index in [1.165, 1.54) is 0 Å². The van der Waals surface area contributed by atoms with Gasteiger partial charge in [0.1, 0.15) is 0 Å². The fraction of sp³-hybridized carbons (Fsp3) is 0.444. The van der Waals surface area contributed by atoms with E-state index in [1.807, 2.05) is 64.4 Å². The minimum Gasteiger partial charge on any atom is -0.454 e. The average molecular weight is 597 g/mol. The number of carbonyl (C=O) groups excluding carboxylic acids is 2. The molecule has 4 atom stereocenters. The molecule has 4 unspecified atom stereocenters. The molecular weight excluding hydrogens is 556 g/mol. The molecule has 1 saturated carbocycles. The lowest BCUT2D eigenvalue weighted by Gasteiger charge is -2.51. The van der Waals surface area contributed by atoms with Gasteiger partial charge in [-0.1, -0.05) is 48.6 Å². The Kier molecular flexibility index (Phi) is 8.31. The summed E-state index contributed by atoms with van der Waals surface area (Å²) < 4.78 is 22.0. The summed E-state index contributed by atoms with van der Waals surface area (Å²) in [4.78, 5) is 32.3. The highest BCUT2D eigenvalue weighted by atomic mass is 16.7. The number of fused-ring (bicyclic) bond motifs is 2. The summed E-state index contributed by atoms with van der Waals surface area (Å²) in [5.41, 5.74) is 1.99. The van der Waals surface area contributed by atoms with Crippen LogP contribution in [0, 0.1) is 23.7 Å². The van der Waals surface area contributed by atoms with Crippen LogP contribution in [0.15, 0.2) is 60.7 Å². The second-order valence-electron chi connectivity index (χ2n) is 12.3. The monoisotopic (exact) mass is 596 g/mol. The maximum Gasteiger partial charge on any atom is 0.231 e. The normalized spacial score (nSPS) is 26.1. The largest absolute Gasteiger partial charge is 0.454 e. The summed E-state index contributed by atoms with van der Waals surface area (Å²) in [6.07, 6.45) is 18.8. The molecule has 2 saturated heterocycles. The number of hydrogen-bond donors (Lipinski definition) is 0. The van der Waals surface area contributed by atoms with Crippen LogP contribution in [0.5, 0.6) is 23.0 Å². The number of rotatable bonds is 7. The molecule has 0 aromatic heterocycles. The third kappa shape index (κ3) is 5.82. The third-order valence-electron chi connectivity index (χ3n) is 9.60. The van der Waals surface area contributed by atoms with Crippen molar-refractivity contribution >= 4 is 24.0 Å². The number of nitrogens with zero attached hydrogens (tertiary/aromatic N) is 2. The Labute approximate surface area is 258 Å². The zero-order valence-electron chi connectivity index (χ0n) is 25.1. The van der Waals surface area contributed by atoms with Gasteiger partial charge in [0.2, 0.25) is 25.4 Å². The van der Waals surface area contributed by atoms with E-state index >= 15 is 0 Å². The van der Waals surface area contributed by atoms with E-state index in [4.69, 9.17) is 18.9 Å². The van der Waals surface area contributed by atoms with Gasteiger partial charge in [-0.2, -0.15) is 0 Å². The number of piperidine rings is 2. The van der Waals surface area contributed by atoms with E-state index in [0.717, 1.165) is 98.8 Å². The molecular formula is C36H40N2O6. The van der Waals surface area contributed by atoms with Crippen LogP contribution in [0.1, 0.15) is 49.7 Å². The maximum atomic E-state index is 14.1. The van der Waals surface area contributed by atoms with Crippen LogP contribution in [0.25, 0.3) is 12.2 Å². The van der Waals surface area contributed by atoms with Crippen LogP contribution in [-0.2, 0) is 9.59 Å². The van der Waals surface area contributed by atoms with Crippen LogP contribution in [-0.4, -0.2) is 61.4 Å². The number of hydrogen-bond acceptors (Lipinski definition) is 6. The van der Waals surface area contributed by atoms with Gasteiger partial charge in [-0.25, -0.2) is 0 Å². The average Bonchev–Trinajstić information content (AvgIpc) is 3.73. The minimum absolute atomic E-state index is 0.0881. The standard InChI is InChI=1S/C36H40N2O6/c39-35(37-17-5-1-6-18-37)33-27(10-4-3-9-25-12-15-29-31(21-25)43-23-41-29)28(34(33)36(40)38-19-7-2-8-20-38)14-11-26-13-16-30-32(22-26)44-24-42-30/h3-4,9-16,21-22,27-28,33-34H,1-2,5-8,17-20,23-24H2. The Balaban J connectivity index is 1.17. The van der Waals surface area contributed by atoms with Crippen LogP contribution in [0.3, 0.4) is 0 Å². The Hall–Kier alpha value is -4.20. The first-order valence-electron chi connectivity index (χ1n) is 16.1.